The second-order valence-electron chi connectivity index (χ2n) is 5.86. The van der Waals surface area contributed by atoms with Gasteiger partial charge in [0.2, 0.25) is 5.91 Å². The molecule has 0 saturated heterocycles. The Hall–Kier alpha value is -3.15. The van der Waals surface area contributed by atoms with E-state index in [4.69, 9.17) is 4.74 Å². The van der Waals surface area contributed by atoms with E-state index in [1.807, 2.05) is 55.5 Å². The Kier molecular flexibility index (Phi) is 5.09. The van der Waals surface area contributed by atoms with Crippen molar-refractivity contribution in [2.75, 3.05) is 12.5 Å². The highest BCUT2D eigenvalue weighted by Crippen LogP contribution is 2.18. The Balaban J connectivity index is 1.62. The van der Waals surface area contributed by atoms with Gasteiger partial charge in [-0.2, -0.15) is 10.2 Å². The SMILES string of the molecule is COc1ccc(/C=N/Nc2ccc(C3=NNC(=O)CC3C)cc2)cc1. The molecule has 0 bridgehead atoms. The maximum Gasteiger partial charge on any atom is 0.240 e. The largest absolute Gasteiger partial charge is 0.497 e. The topological polar surface area (TPSA) is 75.1 Å². The molecule has 128 valence electrons. The number of nitrogens with zero attached hydrogens (tertiary/aromatic N) is 2. The molecular weight excluding hydrogens is 316 g/mol. The first kappa shape index (κ1) is 16.7. The van der Waals surface area contributed by atoms with Crippen LogP contribution < -0.4 is 15.6 Å². The van der Waals surface area contributed by atoms with Gasteiger partial charge in [-0.3, -0.25) is 10.2 Å². The molecule has 3 rings (SSSR count). The molecule has 0 aliphatic carbocycles. The summed E-state index contributed by atoms with van der Waals surface area (Å²) in [6.07, 6.45) is 2.21. The van der Waals surface area contributed by atoms with Crippen molar-refractivity contribution in [3.05, 3.63) is 59.7 Å². The number of hydrogen-bond acceptors (Lipinski definition) is 5. The van der Waals surface area contributed by atoms with Crippen molar-refractivity contribution in [1.82, 2.24) is 5.43 Å². The summed E-state index contributed by atoms with van der Waals surface area (Å²) in [7, 11) is 1.64. The van der Waals surface area contributed by atoms with Crippen LogP contribution in [0.4, 0.5) is 5.69 Å². The molecule has 2 aromatic rings. The third-order valence-electron chi connectivity index (χ3n) is 3.96. The van der Waals surface area contributed by atoms with Crippen molar-refractivity contribution in [3.8, 4) is 5.75 Å². The zero-order chi connectivity index (χ0) is 17.6. The zero-order valence-corrected chi connectivity index (χ0v) is 14.2. The predicted molar refractivity (Wildman–Crippen MR) is 99.1 cm³/mol. The van der Waals surface area contributed by atoms with Crippen LogP contribution in [-0.2, 0) is 4.79 Å². The van der Waals surface area contributed by atoms with Crippen molar-refractivity contribution >= 4 is 23.5 Å². The van der Waals surface area contributed by atoms with Crippen molar-refractivity contribution < 1.29 is 9.53 Å². The Morgan fingerprint density at radius 2 is 1.92 bits per heavy atom. The van der Waals surface area contributed by atoms with Crippen molar-refractivity contribution in [2.24, 2.45) is 16.1 Å². The number of rotatable bonds is 5. The summed E-state index contributed by atoms with van der Waals surface area (Å²) in [5, 5.41) is 8.40. The number of benzene rings is 2. The average molecular weight is 336 g/mol. The lowest BCUT2D eigenvalue weighted by molar-refractivity contribution is -0.121. The summed E-state index contributed by atoms with van der Waals surface area (Å²) < 4.78 is 5.12. The summed E-state index contributed by atoms with van der Waals surface area (Å²) in [6, 6.07) is 15.5. The van der Waals surface area contributed by atoms with Crippen LogP contribution in [0.25, 0.3) is 0 Å². The lowest BCUT2D eigenvalue weighted by Gasteiger charge is -2.19. The Bertz CT molecular complexity index is 795. The minimum atomic E-state index is -0.0394. The van der Waals surface area contributed by atoms with Gasteiger partial charge in [-0.1, -0.05) is 19.1 Å². The number of amides is 1. The van der Waals surface area contributed by atoms with E-state index in [9.17, 15) is 4.79 Å². The monoisotopic (exact) mass is 336 g/mol. The smallest absolute Gasteiger partial charge is 0.240 e. The van der Waals surface area contributed by atoms with E-state index in [1.165, 1.54) is 0 Å². The lowest BCUT2D eigenvalue weighted by Crippen LogP contribution is -2.31. The highest BCUT2D eigenvalue weighted by molar-refractivity contribution is 6.05. The van der Waals surface area contributed by atoms with Gasteiger partial charge in [0.15, 0.2) is 0 Å². The minimum Gasteiger partial charge on any atom is -0.497 e. The van der Waals surface area contributed by atoms with Gasteiger partial charge in [0.25, 0.3) is 0 Å². The van der Waals surface area contributed by atoms with E-state index in [0.29, 0.717) is 6.42 Å². The molecule has 6 nitrogen and oxygen atoms in total. The van der Waals surface area contributed by atoms with Crippen LogP contribution in [0.1, 0.15) is 24.5 Å². The van der Waals surface area contributed by atoms with E-state index in [2.05, 4.69) is 21.1 Å². The number of carbonyl (C=O) groups excluding carboxylic acids is 1. The molecule has 1 unspecified atom stereocenters. The van der Waals surface area contributed by atoms with E-state index in [-0.39, 0.29) is 11.8 Å². The van der Waals surface area contributed by atoms with Crippen LogP contribution in [0.5, 0.6) is 5.75 Å². The molecule has 0 spiro atoms. The molecule has 1 aliphatic rings. The number of hydrogen-bond donors (Lipinski definition) is 2. The Labute approximate surface area is 146 Å². The summed E-state index contributed by atoms with van der Waals surface area (Å²) in [5.41, 5.74) is 9.28. The first-order chi connectivity index (χ1) is 12.2. The molecule has 1 atom stereocenters. The zero-order valence-electron chi connectivity index (χ0n) is 14.2. The summed E-state index contributed by atoms with van der Waals surface area (Å²) in [5.74, 6) is 0.889. The first-order valence-electron chi connectivity index (χ1n) is 8.05. The fraction of sp³-hybridized carbons (Fsp3) is 0.211. The minimum absolute atomic E-state index is 0.0394. The highest BCUT2D eigenvalue weighted by atomic mass is 16.5. The summed E-state index contributed by atoms with van der Waals surface area (Å²) in [6.45, 7) is 2.00. The van der Waals surface area contributed by atoms with Crippen LogP contribution >= 0.6 is 0 Å². The first-order valence-corrected chi connectivity index (χ1v) is 8.05. The van der Waals surface area contributed by atoms with Crippen molar-refractivity contribution in [3.63, 3.8) is 0 Å². The van der Waals surface area contributed by atoms with Gasteiger partial charge in [0, 0.05) is 12.3 Å². The van der Waals surface area contributed by atoms with Crippen LogP contribution in [0.15, 0.2) is 58.7 Å². The third kappa shape index (κ3) is 4.23. The normalized spacial score (nSPS) is 17.1. The molecular formula is C19H20N4O2. The van der Waals surface area contributed by atoms with Crippen LogP contribution in [-0.4, -0.2) is 24.9 Å². The van der Waals surface area contributed by atoms with E-state index in [1.54, 1.807) is 13.3 Å². The Morgan fingerprint density at radius 3 is 2.56 bits per heavy atom. The quantitative estimate of drug-likeness (QED) is 0.651. The van der Waals surface area contributed by atoms with Gasteiger partial charge in [-0.25, -0.2) is 5.43 Å². The molecule has 0 radical (unpaired) electrons. The molecule has 1 amide bonds. The van der Waals surface area contributed by atoms with Gasteiger partial charge >= 0.3 is 0 Å². The van der Waals surface area contributed by atoms with E-state index < -0.39 is 0 Å². The van der Waals surface area contributed by atoms with Crippen LogP contribution in [0.3, 0.4) is 0 Å². The summed E-state index contributed by atoms with van der Waals surface area (Å²) in [4.78, 5) is 11.3. The van der Waals surface area contributed by atoms with Crippen molar-refractivity contribution in [1.29, 1.82) is 0 Å². The molecule has 2 N–H and O–H groups in total. The molecule has 2 aromatic carbocycles. The molecule has 1 aliphatic heterocycles. The van der Waals surface area contributed by atoms with Crippen LogP contribution in [0, 0.1) is 5.92 Å². The van der Waals surface area contributed by atoms with E-state index in [0.717, 1.165) is 28.3 Å². The average Bonchev–Trinajstić information content (AvgIpc) is 2.63. The number of anilines is 1. The maximum atomic E-state index is 11.3. The lowest BCUT2D eigenvalue weighted by atomic mass is 9.94. The fourth-order valence-corrected chi connectivity index (χ4v) is 2.59. The molecule has 6 heteroatoms. The molecule has 25 heavy (non-hydrogen) atoms. The summed E-state index contributed by atoms with van der Waals surface area (Å²) >= 11 is 0. The van der Waals surface area contributed by atoms with Gasteiger partial charge < -0.3 is 4.74 Å². The van der Waals surface area contributed by atoms with E-state index >= 15 is 0 Å². The number of ether oxygens (including phenoxy) is 1. The van der Waals surface area contributed by atoms with Gasteiger partial charge in [0.1, 0.15) is 5.75 Å². The second-order valence-corrected chi connectivity index (χ2v) is 5.86. The standard InChI is InChI=1S/C19H20N4O2/c1-13-11-18(24)22-23-19(13)15-5-7-16(8-6-15)21-20-12-14-3-9-17(25-2)10-4-14/h3-10,12-13,21H,11H2,1-2H3,(H,22,24)/b20-12+. The molecule has 0 aromatic heterocycles. The van der Waals surface area contributed by atoms with Gasteiger partial charge in [-0.05, 0) is 47.5 Å². The number of nitrogens with one attached hydrogen (secondary N) is 2. The highest BCUT2D eigenvalue weighted by Gasteiger charge is 2.21. The molecule has 0 fully saturated rings. The predicted octanol–water partition coefficient (Wildman–Crippen LogP) is 3.00. The number of methoxy groups -OCH3 is 1. The third-order valence-corrected chi connectivity index (χ3v) is 3.96. The van der Waals surface area contributed by atoms with Crippen molar-refractivity contribution in [2.45, 2.75) is 13.3 Å². The molecule has 0 saturated carbocycles. The molecule has 1 heterocycles. The van der Waals surface area contributed by atoms with Gasteiger partial charge in [-0.15, -0.1) is 0 Å². The number of hydrazone groups is 2. The fourth-order valence-electron chi connectivity index (χ4n) is 2.59. The van der Waals surface area contributed by atoms with Gasteiger partial charge in [0.05, 0.1) is 24.7 Å². The Morgan fingerprint density at radius 1 is 1.20 bits per heavy atom. The number of carbonyl (C=O) groups is 1. The maximum absolute atomic E-state index is 11.3. The second kappa shape index (κ2) is 7.61. The van der Waals surface area contributed by atoms with Crippen LogP contribution in [0.2, 0.25) is 0 Å².